The van der Waals surface area contributed by atoms with Crippen molar-refractivity contribution in [1.82, 2.24) is 0 Å². The lowest BCUT2D eigenvalue weighted by atomic mass is 9.88. The third-order valence-corrected chi connectivity index (χ3v) is 3.07. The summed E-state index contributed by atoms with van der Waals surface area (Å²) in [6.07, 6.45) is -1.26. The second-order valence-corrected chi connectivity index (χ2v) is 3.93. The van der Waals surface area contributed by atoms with Crippen molar-refractivity contribution < 1.29 is 23.8 Å². The molecule has 1 fully saturated rings. The summed E-state index contributed by atoms with van der Waals surface area (Å²) in [6.45, 7) is 0. The van der Waals surface area contributed by atoms with Crippen molar-refractivity contribution in [2.45, 2.75) is 12.2 Å². The van der Waals surface area contributed by atoms with E-state index in [2.05, 4.69) is 0 Å². The summed E-state index contributed by atoms with van der Waals surface area (Å²) in [7, 11) is 2.92. The number of methoxy groups -OCH3 is 2. The highest BCUT2D eigenvalue weighted by atomic mass is 16.6. The Morgan fingerprint density at radius 2 is 1.35 bits per heavy atom. The molecule has 88 valence electrons. The predicted octanol–water partition coefficient (Wildman–Crippen LogP) is 0.850. The molecule has 1 aliphatic carbocycles. The lowest BCUT2D eigenvalue weighted by Gasteiger charge is -2.16. The molecule has 17 heavy (non-hydrogen) atoms. The third kappa shape index (κ3) is 1.23. The largest absolute Gasteiger partial charge is 0.496 e. The molecule has 3 rings (SSSR count). The number of benzene rings is 1. The fraction of sp³-hybridized carbons (Fsp3) is 0.333. The number of hydrogen-bond donors (Lipinski definition) is 0. The van der Waals surface area contributed by atoms with Crippen molar-refractivity contribution in [3.63, 3.8) is 0 Å². The normalized spacial score (nSPS) is 25.1. The van der Waals surface area contributed by atoms with E-state index in [0.717, 1.165) is 0 Å². The minimum absolute atomic E-state index is 0.208. The molecule has 1 saturated heterocycles. The maximum absolute atomic E-state index is 12.0. The Labute approximate surface area is 97.3 Å². The van der Waals surface area contributed by atoms with E-state index >= 15 is 0 Å². The Morgan fingerprint density at radius 1 is 0.941 bits per heavy atom. The molecule has 0 bridgehead atoms. The summed E-state index contributed by atoms with van der Waals surface area (Å²) in [5.41, 5.74) is 0.547. The van der Waals surface area contributed by atoms with Crippen LogP contribution in [-0.2, 0) is 4.74 Å². The van der Waals surface area contributed by atoms with E-state index in [0.29, 0.717) is 11.5 Å². The molecule has 1 aromatic rings. The predicted molar refractivity (Wildman–Crippen MR) is 56.9 cm³/mol. The maximum Gasteiger partial charge on any atom is 0.199 e. The van der Waals surface area contributed by atoms with Crippen LogP contribution in [0, 0.1) is 0 Å². The van der Waals surface area contributed by atoms with Gasteiger partial charge in [0.05, 0.1) is 25.3 Å². The molecular weight excluding hydrogens is 224 g/mol. The van der Waals surface area contributed by atoms with Gasteiger partial charge in [0, 0.05) is 0 Å². The first-order chi connectivity index (χ1) is 8.19. The molecule has 1 heterocycles. The smallest absolute Gasteiger partial charge is 0.199 e. The molecule has 0 N–H and O–H groups in total. The number of hydrogen-bond acceptors (Lipinski definition) is 5. The van der Waals surface area contributed by atoms with Crippen LogP contribution in [0.3, 0.4) is 0 Å². The Morgan fingerprint density at radius 3 is 1.71 bits per heavy atom. The van der Waals surface area contributed by atoms with Gasteiger partial charge in [-0.3, -0.25) is 9.59 Å². The number of rotatable bonds is 2. The molecule has 5 heteroatoms. The highest BCUT2D eigenvalue weighted by Crippen LogP contribution is 2.43. The molecule has 1 aromatic carbocycles. The molecule has 5 nitrogen and oxygen atoms in total. The zero-order valence-corrected chi connectivity index (χ0v) is 9.35. The van der Waals surface area contributed by atoms with Crippen LogP contribution in [0.25, 0.3) is 0 Å². The van der Waals surface area contributed by atoms with Gasteiger partial charge in [0.25, 0.3) is 0 Å². The van der Waals surface area contributed by atoms with E-state index in [1.807, 2.05) is 0 Å². The van der Waals surface area contributed by atoms with E-state index < -0.39 is 12.2 Å². The lowest BCUT2D eigenvalue weighted by molar-refractivity contribution is 0.0916. The van der Waals surface area contributed by atoms with Gasteiger partial charge < -0.3 is 14.2 Å². The van der Waals surface area contributed by atoms with Gasteiger partial charge >= 0.3 is 0 Å². The third-order valence-electron chi connectivity index (χ3n) is 3.07. The first-order valence-electron chi connectivity index (χ1n) is 5.18. The van der Waals surface area contributed by atoms with Crippen molar-refractivity contribution in [3.8, 4) is 11.5 Å². The molecule has 0 amide bonds. The zero-order valence-electron chi connectivity index (χ0n) is 9.35. The summed E-state index contributed by atoms with van der Waals surface area (Å²) >= 11 is 0. The lowest BCUT2D eigenvalue weighted by Crippen LogP contribution is -2.27. The first kappa shape index (κ1) is 10.3. The molecule has 0 radical (unpaired) electrons. The van der Waals surface area contributed by atoms with Crippen molar-refractivity contribution in [1.29, 1.82) is 0 Å². The number of Topliss-reactive ketones (excluding diaryl/α,β-unsaturated/α-hetero) is 2. The number of epoxide rings is 1. The van der Waals surface area contributed by atoms with Crippen molar-refractivity contribution in [2.24, 2.45) is 0 Å². The van der Waals surface area contributed by atoms with Gasteiger partial charge in [0.1, 0.15) is 11.5 Å². The Kier molecular flexibility index (Phi) is 2.00. The van der Waals surface area contributed by atoms with Crippen molar-refractivity contribution >= 4 is 11.6 Å². The minimum atomic E-state index is -0.629. The second kappa shape index (κ2) is 3.30. The first-order valence-corrected chi connectivity index (χ1v) is 5.18. The standard InChI is InChI=1S/C12H10O5/c1-15-5-3-4-6(16-2)8-7(5)9(13)11-12(17-11)10(8)14/h3-4,11-12H,1-2H3. The van der Waals surface area contributed by atoms with Crippen LogP contribution in [0.2, 0.25) is 0 Å². The summed E-state index contributed by atoms with van der Waals surface area (Å²) in [4.78, 5) is 24.1. The molecular formula is C12H10O5. The van der Waals surface area contributed by atoms with Gasteiger partial charge in [-0.1, -0.05) is 0 Å². The van der Waals surface area contributed by atoms with E-state index in [-0.39, 0.29) is 22.7 Å². The van der Waals surface area contributed by atoms with E-state index in [9.17, 15) is 9.59 Å². The maximum atomic E-state index is 12.0. The second-order valence-electron chi connectivity index (χ2n) is 3.93. The number of carbonyl (C=O) groups excluding carboxylic acids is 2. The number of carbonyl (C=O) groups is 2. The SMILES string of the molecule is COc1ccc(OC)c2c1C(=O)C1OC1C2=O. The molecule has 2 aliphatic rings. The summed E-state index contributed by atoms with van der Waals surface area (Å²) < 4.78 is 15.3. The van der Waals surface area contributed by atoms with E-state index in [1.54, 1.807) is 12.1 Å². The Hall–Kier alpha value is -1.88. The van der Waals surface area contributed by atoms with Crippen LogP contribution in [0.15, 0.2) is 12.1 Å². The van der Waals surface area contributed by atoms with Gasteiger partial charge in [0.15, 0.2) is 23.8 Å². The van der Waals surface area contributed by atoms with E-state index in [4.69, 9.17) is 14.2 Å². The average Bonchev–Trinajstić information content (AvgIpc) is 3.14. The van der Waals surface area contributed by atoms with Gasteiger partial charge in [0.2, 0.25) is 0 Å². The molecule has 0 aromatic heterocycles. The number of ketones is 2. The molecule has 1 aliphatic heterocycles. The minimum Gasteiger partial charge on any atom is -0.496 e. The summed E-state index contributed by atoms with van der Waals surface area (Å²) in [6, 6.07) is 3.23. The quantitative estimate of drug-likeness (QED) is 0.710. The van der Waals surface area contributed by atoms with Crippen LogP contribution in [-0.4, -0.2) is 38.0 Å². The fourth-order valence-corrected chi connectivity index (χ4v) is 2.19. The van der Waals surface area contributed by atoms with Crippen LogP contribution >= 0.6 is 0 Å². The summed E-state index contributed by atoms with van der Waals surface area (Å²) in [5.74, 6) is 0.349. The van der Waals surface area contributed by atoms with Gasteiger partial charge in [-0.05, 0) is 12.1 Å². The molecule has 0 saturated carbocycles. The topological polar surface area (TPSA) is 65.1 Å². The number of fused-ring (bicyclic) bond motifs is 2. The van der Waals surface area contributed by atoms with Gasteiger partial charge in [-0.2, -0.15) is 0 Å². The van der Waals surface area contributed by atoms with Crippen LogP contribution in [0.4, 0.5) is 0 Å². The molecule has 2 atom stereocenters. The van der Waals surface area contributed by atoms with Crippen LogP contribution < -0.4 is 9.47 Å². The average molecular weight is 234 g/mol. The zero-order chi connectivity index (χ0) is 12.2. The Balaban J connectivity index is 2.29. The van der Waals surface area contributed by atoms with Gasteiger partial charge in [-0.25, -0.2) is 0 Å². The van der Waals surface area contributed by atoms with Crippen molar-refractivity contribution in [2.75, 3.05) is 14.2 Å². The van der Waals surface area contributed by atoms with Crippen molar-refractivity contribution in [3.05, 3.63) is 23.3 Å². The fourth-order valence-electron chi connectivity index (χ4n) is 2.19. The Bertz CT molecular complexity index is 487. The van der Waals surface area contributed by atoms with Gasteiger partial charge in [-0.15, -0.1) is 0 Å². The monoisotopic (exact) mass is 234 g/mol. The highest BCUT2D eigenvalue weighted by Gasteiger charge is 2.57. The molecule has 2 unspecified atom stereocenters. The number of ether oxygens (including phenoxy) is 3. The van der Waals surface area contributed by atoms with E-state index in [1.165, 1.54) is 14.2 Å². The van der Waals surface area contributed by atoms with Crippen LogP contribution in [0.1, 0.15) is 20.7 Å². The highest BCUT2D eigenvalue weighted by molar-refractivity contribution is 6.23. The summed E-state index contributed by atoms with van der Waals surface area (Å²) in [5, 5.41) is 0. The van der Waals surface area contributed by atoms with Crippen LogP contribution in [0.5, 0.6) is 11.5 Å². The molecule has 0 spiro atoms.